The number of esters is 2. The molecule has 0 bridgehead atoms. The first-order valence-electron chi connectivity index (χ1n) is 24.8. The van der Waals surface area contributed by atoms with Crippen LogP contribution in [0.25, 0.3) is 0 Å². The molecule has 66 heavy (non-hydrogen) atoms. The minimum Gasteiger partial charge on any atom is -0.462 e. The van der Waals surface area contributed by atoms with Gasteiger partial charge in [0, 0.05) is 12.8 Å². The highest BCUT2D eigenvalue weighted by Gasteiger charge is 2.51. The largest absolute Gasteiger partial charge is 0.472 e. The molecule has 0 aromatic rings. The minimum atomic E-state index is -5.19. The molecule has 14 nitrogen and oxygen atoms in total. The van der Waals surface area contributed by atoms with Crippen molar-refractivity contribution in [3.8, 4) is 0 Å². The Balaban J connectivity index is 2.53. The summed E-state index contributed by atoms with van der Waals surface area (Å²) in [4.78, 5) is 35.8. The highest BCUT2D eigenvalue weighted by molar-refractivity contribution is 7.47. The number of carbonyl (C=O) groups excluding carboxylic acids is 2. The summed E-state index contributed by atoms with van der Waals surface area (Å²) in [7, 11) is -5.19. The zero-order chi connectivity index (χ0) is 48.7. The quantitative estimate of drug-likeness (QED) is 0.00999. The number of phosphoric ester groups is 1. The number of aliphatic hydroxyl groups is 6. The smallest absolute Gasteiger partial charge is 0.462 e. The van der Waals surface area contributed by atoms with Gasteiger partial charge in [-0.25, -0.2) is 4.57 Å². The van der Waals surface area contributed by atoms with Crippen LogP contribution in [0.5, 0.6) is 0 Å². The molecule has 0 amide bonds. The van der Waals surface area contributed by atoms with Crippen molar-refractivity contribution in [2.24, 2.45) is 0 Å². The summed E-state index contributed by atoms with van der Waals surface area (Å²) in [6.07, 6.45) is 34.1. The second-order valence-electron chi connectivity index (χ2n) is 17.1. The van der Waals surface area contributed by atoms with E-state index in [4.69, 9.17) is 18.5 Å². The van der Waals surface area contributed by atoms with Gasteiger partial charge in [-0.15, -0.1) is 0 Å². The van der Waals surface area contributed by atoms with Crippen LogP contribution in [0.15, 0.2) is 72.9 Å². The van der Waals surface area contributed by atoms with Crippen molar-refractivity contribution in [1.82, 2.24) is 0 Å². The molecule has 7 N–H and O–H groups in total. The van der Waals surface area contributed by atoms with Gasteiger partial charge in [0.2, 0.25) is 0 Å². The third-order valence-electron chi connectivity index (χ3n) is 11.2. The Morgan fingerprint density at radius 2 is 0.985 bits per heavy atom. The van der Waals surface area contributed by atoms with Crippen molar-refractivity contribution >= 4 is 19.8 Å². The van der Waals surface area contributed by atoms with Gasteiger partial charge in [0.15, 0.2) is 6.10 Å². The molecule has 0 aromatic heterocycles. The fourth-order valence-corrected chi connectivity index (χ4v) is 8.13. The summed E-state index contributed by atoms with van der Waals surface area (Å²) in [6, 6.07) is 0. The third kappa shape index (κ3) is 32.1. The van der Waals surface area contributed by atoms with Crippen molar-refractivity contribution in [3.05, 3.63) is 72.9 Å². The van der Waals surface area contributed by atoms with Gasteiger partial charge in [0.25, 0.3) is 0 Å². The number of carbonyl (C=O) groups is 2. The average Bonchev–Trinajstić information content (AvgIpc) is 3.30. The molecule has 1 fully saturated rings. The molecule has 0 aliphatic heterocycles. The molecule has 0 aromatic carbocycles. The first kappa shape index (κ1) is 61.3. The molecule has 0 radical (unpaired) electrons. The lowest BCUT2D eigenvalue weighted by molar-refractivity contribution is -0.220. The molecule has 380 valence electrons. The predicted octanol–water partition coefficient (Wildman–Crippen LogP) is 9.25. The van der Waals surface area contributed by atoms with Gasteiger partial charge < -0.3 is 45.0 Å². The Morgan fingerprint density at radius 3 is 1.47 bits per heavy atom. The van der Waals surface area contributed by atoms with Crippen molar-refractivity contribution in [1.29, 1.82) is 0 Å². The molecule has 15 heteroatoms. The van der Waals surface area contributed by atoms with Gasteiger partial charge in [-0.05, 0) is 44.9 Å². The fraction of sp³-hybridized carbons (Fsp3) is 0.725. The number of rotatable bonds is 40. The standard InChI is InChI=1S/C51H87O14P/c1-3-5-7-9-11-13-15-17-19-21-23-25-27-29-31-33-35-37-44(53)62-40-43(41-63-66(60,61)65-51-49(58)47(56)46(55)48(57)50(51)59)64-45(54)39-38-42(52)36-34-32-30-28-26-24-22-20-18-16-14-12-10-8-6-4-2/h6,8,12,14,18,20,24,26,30,32,34,36,42-43,46-52,55-59H,3-5,7,9-11,13,15-17,19,21-23,25,27-29,31,33,35,37-41H2,1-2H3,(H,60,61)/b8-6-,14-12-,20-18-,26-24-,32-30-,36-34-/t42?,43-,46?,47-,48+,49-,50-,51?/m1/s1. The Labute approximate surface area is 396 Å². The van der Waals surface area contributed by atoms with Crippen LogP contribution in [0.4, 0.5) is 0 Å². The molecule has 9 atom stereocenters. The van der Waals surface area contributed by atoms with Gasteiger partial charge in [0.1, 0.15) is 43.2 Å². The maximum atomic E-state index is 12.8. The van der Waals surface area contributed by atoms with E-state index in [0.717, 1.165) is 51.4 Å². The Kier molecular flexibility index (Phi) is 37.3. The van der Waals surface area contributed by atoms with Gasteiger partial charge in [-0.1, -0.05) is 189 Å². The SMILES string of the molecule is CC/C=C\C/C=C\C/C=C\C/C=C\C/C=C\C=C/C(O)CCC(=O)O[C@H](COC(=O)CCCCCCCCCCCCCCCCCCC)COP(=O)(O)OC1[C@H](O)[C@H](O)C(O)[C@H](O)[C@H]1O. The number of ether oxygens (including phenoxy) is 2. The Hall–Kier alpha value is -2.75. The molecule has 1 aliphatic carbocycles. The number of hydrogen-bond acceptors (Lipinski definition) is 13. The van der Waals surface area contributed by atoms with E-state index in [1.807, 2.05) is 12.2 Å². The van der Waals surface area contributed by atoms with E-state index in [-0.39, 0.29) is 19.3 Å². The molecule has 0 spiro atoms. The van der Waals surface area contributed by atoms with Crippen LogP contribution in [0, 0.1) is 0 Å². The number of unbranched alkanes of at least 4 members (excludes halogenated alkanes) is 16. The van der Waals surface area contributed by atoms with E-state index in [9.17, 15) is 49.7 Å². The van der Waals surface area contributed by atoms with E-state index in [1.165, 1.54) is 83.1 Å². The lowest BCUT2D eigenvalue weighted by Crippen LogP contribution is -2.64. The lowest BCUT2D eigenvalue weighted by atomic mass is 9.85. The van der Waals surface area contributed by atoms with Crippen LogP contribution >= 0.6 is 7.82 Å². The zero-order valence-electron chi connectivity index (χ0n) is 40.1. The van der Waals surface area contributed by atoms with Crippen LogP contribution in [-0.2, 0) is 32.7 Å². The predicted molar refractivity (Wildman–Crippen MR) is 259 cm³/mol. The normalized spacial score (nSPS) is 22.4. The molecular weight excluding hydrogens is 868 g/mol. The molecule has 0 saturated heterocycles. The molecule has 1 saturated carbocycles. The van der Waals surface area contributed by atoms with Crippen molar-refractivity contribution in [2.75, 3.05) is 13.2 Å². The van der Waals surface area contributed by atoms with Crippen molar-refractivity contribution in [3.63, 3.8) is 0 Å². The number of allylic oxidation sites excluding steroid dienone is 11. The second-order valence-corrected chi connectivity index (χ2v) is 18.6. The highest BCUT2D eigenvalue weighted by Crippen LogP contribution is 2.47. The van der Waals surface area contributed by atoms with E-state index in [1.54, 1.807) is 12.2 Å². The lowest BCUT2D eigenvalue weighted by Gasteiger charge is -2.41. The van der Waals surface area contributed by atoms with E-state index in [2.05, 4.69) is 56.4 Å². The van der Waals surface area contributed by atoms with Crippen LogP contribution in [0.1, 0.15) is 174 Å². The average molecular weight is 955 g/mol. The summed E-state index contributed by atoms with van der Waals surface area (Å²) in [5, 5.41) is 60.6. The number of phosphoric acid groups is 1. The summed E-state index contributed by atoms with van der Waals surface area (Å²) in [5.74, 6) is -1.38. The van der Waals surface area contributed by atoms with E-state index >= 15 is 0 Å². The third-order valence-corrected chi connectivity index (χ3v) is 12.2. The number of aliphatic hydroxyl groups excluding tert-OH is 6. The van der Waals surface area contributed by atoms with Gasteiger partial charge in [-0.3, -0.25) is 18.6 Å². The monoisotopic (exact) mass is 955 g/mol. The van der Waals surface area contributed by atoms with Crippen LogP contribution in [0.3, 0.4) is 0 Å². The molecular formula is C51H87O14P. The Bertz CT molecular complexity index is 1450. The molecule has 1 rings (SSSR count). The fourth-order valence-electron chi connectivity index (χ4n) is 7.16. The van der Waals surface area contributed by atoms with Crippen LogP contribution in [-0.4, -0.2) is 110 Å². The van der Waals surface area contributed by atoms with Gasteiger partial charge in [0.05, 0.1) is 12.7 Å². The molecule has 1 aliphatic rings. The summed E-state index contributed by atoms with van der Waals surface area (Å²) in [6.45, 7) is 3.00. The van der Waals surface area contributed by atoms with Crippen LogP contribution in [0.2, 0.25) is 0 Å². The Morgan fingerprint density at radius 1 is 0.545 bits per heavy atom. The van der Waals surface area contributed by atoms with Gasteiger partial charge >= 0.3 is 19.8 Å². The minimum absolute atomic E-state index is 0.0116. The summed E-state index contributed by atoms with van der Waals surface area (Å²) in [5.41, 5.74) is 0. The summed E-state index contributed by atoms with van der Waals surface area (Å²) < 4.78 is 33.4. The molecule has 4 unspecified atom stereocenters. The van der Waals surface area contributed by atoms with Crippen molar-refractivity contribution in [2.45, 2.75) is 223 Å². The van der Waals surface area contributed by atoms with Crippen molar-refractivity contribution < 1.29 is 68.2 Å². The first-order chi connectivity index (χ1) is 31.8. The maximum absolute atomic E-state index is 12.8. The number of hydrogen-bond donors (Lipinski definition) is 7. The van der Waals surface area contributed by atoms with E-state index < -0.39 is 81.8 Å². The molecule has 0 heterocycles. The van der Waals surface area contributed by atoms with Gasteiger partial charge in [-0.2, -0.15) is 0 Å². The highest BCUT2D eigenvalue weighted by atomic mass is 31.2. The second kappa shape index (κ2) is 40.2. The first-order valence-corrected chi connectivity index (χ1v) is 26.3. The topological polar surface area (TPSA) is 230 Å². The zero-order valence-corrected chi connectivity index (χ0v) is 41.0. The van der Waals surface area contributed by atoms with E-state index in [0.29, 0.717) is 12.8 Å². The maximum Gasteiger partial charge on any atom is 0.472 e. The summed E-state index contributed by atoms with van der Waals surface area (Å²) >= 11 is 0. The van der Waals surface area contributed by atoms with Crippen LogP contribution < -0.4 is 0 Å².